The molecule has 5 rings (SSSR count). The number of amides is 2. The molecule has 3 aromatic carbocycles. The van der Waals surface area contributed by atoms with E-state index in [0.717, 1.165) is 52.5 Å². The number of aliphatic imine (C=N–C) groups is 1. The molecule has 4 N–H and O–H groups in total. The largest absolute Gasteiger partial charge is 0.461 e. The first-order chi connectivity index (χ1) is 22.6. The summed E-state index contributed by atoms with van der Waals surface area (Å²) in [7, 11) is -3.33. The number of fused-ring (bicyclic) bond motifs is 1. The molecule has 2 heterocycles. The Hall–Kier alpha value is -5.35. The quantitative estimate of drug-likeness (QED) is 0.0846. The van der Waals surface area contributed by atoms with Crippen molar-refractivity contribution in [2.75, 3.05) is 35.9 Å². The van der Waals surface area contributed by atoms with E-state index < -0.39 is 16.1 Å². The molecule has 0 radical (unpaired) electrons. The maximum Gasteiger partial charge on any atom is 0.247 e. The van der Waals surface area contributed by atoms with Gasteiger partial charge in [-0.2, -0.15) is 5.26 Å². The van der Waals surface area contributed by atoms with Crippen molar-refractivity contribution >= 4 is 50.1 Å². The molecule has 0 bridgehead atoms. The van der Waals surface area contributed by atoms with Gasteiger partial charge in [-0.05, 0) is 85.7 Å². The van der Waals surface area contributed by atoms with Gasteiger partial charge < -0.3 is 20.0 Å². The highest BCUT2D eigenvalue weighted by atomic mass is 32.2. The predicted molar refractivity (Wildman–Crippen MR) is 182 cm³/mol. The minimum Gasteiger partial charge on any atom is -0.461 e. The van der Waals surface area contributed by atoms with Gasteiger partial charge in [-0.1, -0.05) is 36.4 Å². The molecule has 244 valence electrons. The van der Waals surface area contributed by atoms with E-state index in [1.165, 1.54) is 4.90 Å². The van der Waals surface area contributed by atoms with E-state index in [1.54, 1.807) is 18.2 Å². The fourth-order valence-corrected chi connectivity index (χ4v) is 6.01. The fourth-order valence-electron chi connectivity index (χ4n) is 5.44. The average Bonchev–Trinajstić information content (AvgIpc) is 3.32. The highest BCUT2D eigenvalue weighted by Gasteiger charge is 2.28. The van der Waals surface area contributed by atoms with Gasteiger partial charge in [0, 0.05) is 29.9 Å². The van der Waals surface area contributed by atoms with E-state index >= 15 is 0 Å². The highest BCUT2D eigenvalue weighted by molar-refractivity contribution is 7.92. The Labute approximate surface area is 273 Å². The summed E-state index contributed by atoms with van der Waals surface area (Å²) in [4.78, 5) is 32.4. The predicted octanol–water partition coefficient (Wildman–Crippen LogP) is 4.36. The summed E-state index contributed by atoms with van der Waals surface area (Å²) in [6.07, 6.45) is 5.62. The minimum atomic E-state index is -3.33. The minimum absolute atomic E-state index is 0.0705. The molecular weight excluding hydrogens is 618 g/mol. The molecule has 4 aromatic rings. The van der Waals surface area contributed by atoms with Gasteiger partial charge in [-0.15, -0.1) is 0 Å². The van der Waals surface area contributed by atoms with Crippen LogP contribution in [0.4, 0.5) is 11.4 Å². The number of hydrogen-bond donors (Lipinski definition) is 4. The smallest absolute Gasteiger partial charge is 0.247 e. The van der Waals surface area contributed by atoms with Crippen LogP contribution in [0.5, 0.6) is 0 Å². The van der Waals surface area contributed by atoms with E-state index in [9.17, 15) is 23.3 Å². The number of rotatable bonds is 10. The third-order valence-electron chi connectivity index (χ3n) is 7.66. The number of carbonyl (C=O) groups excluding carboxylic acids is 2. The molecule has 12 nitrogen and oxygen atoms in total. The van der Waals surface area contributed by atoms with Crippen molar-refractivity contribution in [3.05, 3.63) is 84.1 Å². The molecule has 1 saturated heterocycles. The number of sulfonamides is 1. The van der Waals surface area contributed by atoms with Gasteiger partial charge in [-0.3, -0.25) is 19.6 Å². The van der Waals surface area contributed by atoms with Crippen LogP contribution in [0.15, 0.2) is 82.2 Å². The molecule has 2 amide bonds. The second-order valence-electron chi connectivity index (χ2n) is 11.5. The number of anilines is 2. The summed E-state index contributed by atoms with van der Waals surface area (Å²) in [5.41, 5.74) is 4.91. The molecule has 0 aliphatic carbocycles. The lowest BCUT2D eigenvalue weighted by Gasteiger charge is -2.22. The molecule has 1 aromatic heterocycles. The molecule has 47 heavy (non-hydrogen) atoms. The second kappa shape index (κ2) is 14.8. The maximum absolute atomic E-state index is 13.4. The third kappa shape index (κ3) is 9.34. The van der Waals surface area contributed by atoms with Crippen LogP contribution in [0.1, 0.15) is 30.6 Å². The number of benzene rings is 3. The van der Waals surface area contributed by atoms with Crippen LogP contribution >= 0.6 is 0 Å². The topological polar surface area (TPSA) is 169 Å². The second-order valence-corrected chi connectivity index (χ2v) is 13.2. The van der Waals surface area contributed by atoms with Crippen LogP contribution in [-0.2, 0) is 26.0 Å². The van der Waals surface area contributed by atoms with E-state index in [0.29, 0.717) is 37.3 Å². The standard InChI is InChI=1S/C34H37N7O5S/c1-23-19-27-20-29(14-15-31(27)46-23)38-34(37-22-35)39-30-5-3-4-18-41(33(30)43)21-32(42)36-17-16-24-6-8-25(9-7-24)26-10-12-28(13-11-26)40-47(2,44)45/h6-15,19-20,30,40H,3-5,16-18,21H2,1-2H3,(H,36,42)(H2,37,38,39)/t30-/m0/s1. The third-order valence-corrected chi connectivity index (χ3v) is 8.27. The SMILES string of the molecule is Cc1cc2cc(NC(=N[C@H]3CCCCN(CC(=O)NCCc4ccc(-c5ccc(NS(C)(=O)=O)cc5)cc4)C3=O)NC#N)ccc2o1. The first kappa shape index (κ1) is 33.0. The van der Waals surface area contributed by atoms with E-state index in [4.69, 9.17) is 4.42 Å². The summed E-state index contributed by atoms with van der Waals surface area (Å²) in [5.74, 6) is 0.438. The lowest BCUT2D eigenvalue weighted by molar-refractivity contribution is -0.136. The number of guanidine groups is 1. The molecule has 1 fully saturated rings. The van der Waals surface area contributed by atoms with Gasteiger partial charge in [0.2, 0.25) is 27.8 Å². The van der Waals surface area contributed by atoms with Crippen molar-refractivity contribution in [2.45, 2.75) is 38.6 Å². The zero-order valence-corrected chi connectivity index (χ0v) is 27.1. The number of nitrogens with zero attached hydrogens (tertiary/aromatic N) is 3. The van der Waals surface area contributed by atoms with Gasteiger partial charge in [-0.25, -0.2) is 13.4 Å². The Morgan fingerprint density at radius 3 is 2.43 bits per heavy atom. The number of nitriles is 1. The van der Waals surface area contributed by atoms with Crippen molar-refractivity contribution in [3.8, 4) is 17.3 Å². The summed E-state index contributed by atoms with van der Waals surface area (Å²) < 4.78 is 30.9. The van der Waals surface area contributed by atoms with Gasteiger partial charge in [0.05, 0.1) is 12.8 Å². The van der Waals surface area contributed by atoms with Gasteiger partial charge in [0.1, 0.15) is 17.4 Å². The summed E-state index contributed by atoms with van der Waals surface area (Å²) in [6, 6.07) is 21.7. The highest BCUT2D eigenvalue weighted by Crippen LogP contribution is 2.24. The first-order valence-corrected chi connectivity index (χ1v) is 17.2. The molecule has 13 heteroatoms. The Morgan fingerprint density at radius 2 is 1.72 bits per heavy atom. The normalized spacial score (nSPS) is 15.5. The zero-order valence-electron chi connectivity index (χ0n) is 26.2. The van der Waals surface area contributed by atoms with E-state index in [2.05, 4.69) is 25.7 Å². The molecule has 0 saturated carbocycles. The number of aryl methyl sites for hydroxylation is 1. The number of nitrogens with one attached hydrogen (secondary N) is 4. The summed E-state index contributed by atoms with van der Waals surface area (Å²) >= 11 is 0. The Morgan fingerprint density at radius 1 is 1.02 bits per heavy atom. The van der Waals surface area contributed by atoms with Crippen molar-refractivity contribution in [1.29, 1.82) is 5.26 Å². The van der Waals surface area contributed by atoms with E-state index in [1.807, 2.05) is 67.7 Å². The summed E-state index contributed by atoms with van der Waals surface area (Å²) in [5, 5.41) is 18.8. The van der Waals surface area contributed by atoms with Gasteiger partial charge in [0.25, 0.3) is 0 Å². The van der Waals surface area contributed by atoms with Crippen molar-refractivity contribution in [1.82, 2.24) is 15.5 Å². The van der Waals surface area contributed by atoms with Crippen LogP contribution in [0, 0.1) is 18.4 Å². The average molecular weight is 656 g/mol. The van der Waals surface area contributed by atoms with Gasteiger partial charge in [0.15, 0.2) is 6.19 Å². The maximum atomic E-state index is 13.4. The Balaban J connectivity index is 1.13. The van der Waals surface area contributed by atoms with Gasteiger partial charge >= 0.3 is 0 Å². The molecule has 1 aliphatic heterocycles. The van der Waals surface area contributed by atoms with Crippen molar-refractivity contribution in [2.24, 2.45) is 4.99 Å². The Bertz CT molecular complexity index is 1910. The van der Waals surface area contributed by atoms with Crippen LogP contribution in [-0.4, -0.2) is 63.0 Å². The molecular formula is C34H37N7O5S. The van der Waals surface area contributed by atoms with Crippen LogP contribution in [0.2, 0.25) is 0 Å². The Kier molecular flexibility index (Phi) is 10.4. The fraction of sp³-hybridized carbons (Fsp3) is 0.294. The van der Waals surface area contributed by atoms with Crippen LogP contribution in [0.25, 0.3) is 22.1 Å². The number of hydrogen-bond acceptors (Lipinski definition) is 7. The zero-order chi connectivity index (χ0) is 33.4. The lowest BCUT2D eigenvalue weighted by atomic mass is 10.0. The van der Waals surface area contributed by atoms with Crippen LogP contribution in [0.3, 0.4) is 0 Å². The number of likely N-dealkylation sites (tertiary alicyclic amines) is 1. The molecule has 0 unspecified atom stereocenters. The van der Waals surface area contributed by atoms with E-state index in [-0.39, 0.29) is 24.3 Å². The lowest BCUT2D eigenvalue weighted by Crippen LogP contribution is -2.44. The number of carbonyl (C=O) groups is 2. The molecule has 0 spiro atoms. The monoisotopic (exact) mass is 655 g/mol. The van der Waals surface area contributed by atoms with Crippen LogP contribution < -0.4 is 20.7 Å². The first-order valence-electron chi connectivity index (χ1n) is 15.3. The van der Waals surface area contributed by atoms with Crippen molar-refractivity contribution < 1.29 is 22.4 Å². The molecule has 1 aliphatic rings. The summed E-state index contributed by atoms with van der Waals surface area (Å²) in [6.45, 7) is 2.66. The number of furan rings is 1. The van der Waals surface area contributed by atoms with Crippen molar-refractivity contribution in [3.63, 3.8) is 0 Å². The molecule has 1 atom stereocenters.